The molecule has 2 aromatic carbocycles. The summed E-state index contributed by atoms with van der Waals surface area (Å²) in [6.07, 6.45) is 0.722. The van der Waals surface area contributed by atoms with E-state index in [-0.39, 0.29) is 11.5 Å². The third kappa shape index (κ3) is 3.91. The molecule has 154 valence electrons. The fourth-order valence-corrected chi connectivity index (χ4v) is 4.05. The average molecular weight is 422 g/mol. The number of halogens is 1. The van der Waals surface area contributed by atoms with Gasteiger partial charge < -0.3 is 14.8 Å². The Hall–Kier alpha value is -2.89. The first-order chi connectivity index (χ1) is 14.5. The van der Waals surface area contributed by atoms with Crippen LogP contribution in [0.5, 0.6) is 0 Å². The predicted octanol–water partition coefficient (Wildman–Crippen LogP) is 3.68. The van der Waals surface area contributed by atoms with E-state index < -0.39 is 0 Å². The molecule has 1 aliphatic heterocycles. The van der Waals surface area contributed by atoms with Crippen LogP contribution >= 0.6 is 11.6 Å². The second kappa shape index (κ2) is 8.46. The van der Waals surface area contributed by atoms with Gasteiger partial charge in [0.15, 0.2) is 0 Å². The fraction of sp³-hybridized carbons (Fsp3) is 0.250. The summed E-state index contributed by atoms with van der Waals surface area (Å²) >= 11 is 6.27. The number of amides is 1. The molecule has 3 aromatic rings. The van der Waals surface area contributed by atoms with Crippen molar-refractivity contribution < 1.29 is 4.79 Å². The molecule has 0 atom stereocenters. The van der Waals surface area contributed by atoms with E-state index in [1.807, 2.05) is 67.5 Å². The van der Waals surface area contributed by atoms with E-state index >= 15 is 0 Å². The Morgan fingerprint density at radius 1 is 1.10 bits per heavy atom. The molecule has 0 fully saturated rings. The number of fused-ring (bicyclic) bond motifs is 3. The van der Waals surface area contributed by atoms with Gasteiger partial charge in [0, 0.05) is 35.8 Å². The lowest BCUT2D eigenvalue weighted by Gasteiger charge is -2.25. The Morgan fingerprint density at radius 3 is 2.60 bits per heavy atom. The van der Waals surface area contributed by atoms with E-state index in [1.165, 1.54) is 0 Å². The minimum absolute atomic E-state index is 0.0910. The molecule has 0 unspecified atom stereocenters. The minimum atomic E-state index is -0.189. The number of nitrogens with one attached hydrogen (secondary N) is 1. The van der Waals surface area contributed by atoms with Crippen LogP contribution in [-0.2, 0) is 13.0 Å². The van der Waals surface area contributed by atoms with Gasteiger partial charge in [-0.2, -0.15) is 0 Å². The van der Waals surface area contributed by atoms with Crippen LogP contribution in [0.15, 0.2) is 59.4 Å². The first-order valence-corrected chi connectivity index (χ1v) is 10.4. The molecule has 1 N–H and O–H groups in total. The number of hydrogen-bond donors (Lipinski definition) is 1. The molecule has 30 heavy (non-hydrogen) atoms. The van der Waals surface area contributed by atoms with Crippen LogP contribution in [-0.4, -0.2) is 42.6 Å². The maximum absolute atomic E-state index is 13.4. The number of pyridine rings is 1. The first-order valence-electron chi connectivity index (χ1n) is 10.0. The van der Waals surface area contributed by atoms with Crippen LogP contribution in [0.25, 0.3) is 22.4 Å². The number of benzene rings is 2. The highest BCUT2D eigenvalue weighted by atomic mass is 35.5. The number of carbonyl (C=O) groups excluding carboxylic acids is 1. The second-order valence-electron chi connectivity index (χ2n) is 7.75. The van der Waals surface area contributed by atoms with E-state index in [4.69, 9.17) is 11.6 Å². The minimum Gasteiger partial charge on any atom is -0.351 e. The first kappa shape index (κ1) is 20.4. The van der Waals surface area contributed by atoms with Gasteiger partial charge in [-0.05, 0) is 49.8 Å². The maximum atomic E-state index is 13.4. The largest absolute Gasteiger partial charge is 0.351 e. The topological polar surface area (TPSA) is 54.3 Å². The number of rotatable bonds is 5. The number of likely N-dealkylation sites (N-methyl/N-ethyl adjacent to an activating group) is 1. The summed E-state index contributed by atoms with van der Waals surface area (Å²) in [7, 11) is 3.92. The van der Waals surface area contributed by atoms with Crippen molar-refractivity contribution in [2.24, 2.45) is 0 Å². The molecule has 6 heteroatoms. The van der Waals surface area contributed by atoms with Crippen LogP contribution < -0.4 is 10.9 Å². The predicted molar refractivity (Wildman–Crippen MR) is 121 cm³/mol. The molecular weight excluding hydrogens is 398 g/mol. The molecule has 0 saturated heterocycles. The van der Waals surface area contributed by atoms with E-state index in [2.05, 4.69) is 5.32 Å². The Labute approximate surface area is 180 Å². The SMILES string of the molecule is CN(C)CCNC(=O)c1cc(-c2ccccc2)c(=O)n2c1-c1cc(Cl)ccc1CC2. The van der Waals surface area contributed by atoms with Crippen LogP contribution in [0, 0.1) is 0 Å². The van der Waals surface area contributed by atoms with Crippen LogP contribution in [0.2, 0.25) is 5.02 Å². The fourth-order valence-electron chi connectivity index (χ4n) is 3.88. The van der Waals surface area contributed by atoms with Crippen LogP contribution in [0.3, 0.4) is 0 Å². The van der Waals surface area contributed by atoms with Crippen molar-refractivity contribution in [2.75, 3.05) is 27.2 Å². The number of hydrogen-bond acceptors (Lipinski definition) is 3. The molecule has 0 saturated carbocycles. The lowest BCUT2D eigenvalue weighted by Crippen LogP contribution is -2.35. The Balaban J connectivity index is 1.90. The van der Waals surface area contributed by atoms with Gasteiger partial charge >= 0.3 is 0 Å². The van der Waals surface area contributed by atoms with E-state index in [0.29, 0.717) is 34.9 Å². The summed E-state index contributed by atoms with van der Waals surface area (Å²) in [5.74, 6) is -0.189. The Morgan fingerprint density at radius 2 is 1.87 bits per heavy atom. The molecule has 5 nitrogen and oxygen atoms in total. The molecule has 4 rings (SSSR count). The molecule has 0 bridgehead atoms. The third-order valence-corrected chi connectivity index (χ3v) is 5.63. The van der Waals surface area contributed by atoms with Gasteiger partial charge in [-0.1, -0.05) is 48.0 Å². The highest BCUT2D eigenvalue weighted by molar-refractivity contribution is 6.31. The lowest BCUT2D eigenvalue weighted by atomic mass is 9.92. The molecule has 0 aliphatic carbocycles. The van der Waals surface area contributed by atoms with Gasteiger partial charge in [0.2, 0.25) is 0 Å². The quantitative estimate of drug-likeness (QED) is 0.683. The van der Waals surface area contributed by atoms with Crippen molar-refractivity contribution in [2.45, 2.75) is 13.0 Å². The van der Waals surface area contributed by atoms with E-state index in [1.54, 1.807) is 10.6 Å². The normalized spacial score (nSPS) is 12.4. The highest BCUT2D eigenvalue weighted by Gasteiger charge is 2.26. The maximum Gasteiger partial charge on any atom is 0.258 e. The summed E-state index contributed by atoms with van der Waals surface area (Å²) in [6, 6.07) is 16.9. The summed E-state index contributed by atoms with van der Waals surface area (Å²) in [6.45, 7) is 1.78. The van der Waals surface area contributed by atoms with Crippen LogP contribution in [0.4, 0.5) is 0 Å². The monoisotopic (exact) mass is 421 g/mol. The smallest absolute Gasteiger partial charge is 0.258 e. The molecule has 1 aliphatic rings. The van der Waals surface area contributed by atoms with Gasteiger partial charge in [0.05, 0.1) is 11.3 Å². The standard InChI is InChI=1S/C24H24ClN3O2/c1-27(2)13-11-26-23(29)21-15-20(16-6-4-3-5-7-16)24(30)28-12-10-17-8-9-18(25)14-19(17)22(21)28/h3-9,14-15H,10-13H2,1-2H3,(H,26,29). The van der Waals surface area contributed by atoms with Crippen molar-refractivity contribution >= 4 is 17.5 Å². The van der Waals surface area contributed by atoms with E-state index in [0.717, 1.165) is 29.7 Å². The summed E-state index contributed by atoms with van der Waals surface area (Å²) in [5, 5.41) is 3.58. The van der Waals surface area contributed by atoms with Gasteiger partial charge in [0.1, 0.15) is 0 Å². The van der Waals surface area contributed by atoms with Crippen molar-refractivity contribution in [1.82, 2.24) is 14.8 Å². The number of carbonyl (C=O) groups is 1. The van der Waals surface area contributed by atoms with Gasteiger partial charge in [-0.15, -0.1) is 0 Å². The zero-order valence-corrected chi connectivity index (χ0v) is 17.9. The third-order valence-electron chi connectivity index (χ3n) is 5.40. The summed E-state index contributed by atoms with van der Waals surface area (Å²) < 4.78 is 1.72. The highest BCUT2D eigenvalue weighted by Crippen LogP contribution is 2.34. The van der Waals surface area contributed by atoms with Crippen molar-refractivity contribution in [1.29, 1.82) is 0 Å². The second-order valence-corrected chi connectivity index (χ2v) is 8.19. The van der Waals surface area contributed by atoms with E-state index in [9.17, 15) is 9.59 Å². The molecule has 2 heterocycles. The number of nitrogens with zero attached hydrogens (tertiary/aromatic N) is 2. The molecule has 1 aromatic heterocycles. The zero-order valence-electron chi connectivity index (χ0n) is 17.1. The summed E-state index contributed by atoms with van der Waals surface area (Å²) in [5.41, 5.74) is 4.32. The Kier molecular flexibility index (Phi) is 5.75. The van der Waals surface area contributed by atoms with Gasteiger partial charge in [-0.3, -0.25) is 9.59 Å². The number of aryl methyl sites for hydroxylation is 1. The lowest BCUT2D eigenvalue weighted by molar-refractivity contribution is 0.0951. The Bertz CT molecular complexity index is 1150. The molecule has 0 spiro atoms. The van der Waals surface area contributed by atoms with Crippen molar-refractivity contribution in [3.05, 3.63) is 81.1 Å². The van der Waals surface area contributed by atoms with Crippen LogP contribution in [0.1, 0.15) is 15.9 Å². The van der Waals surface area contributed by atoms with Crippen molar-refractivity contribution in [3.63, 3.8) is 0 Å². The molecular formula is C24H24ClN3O2. The average Bonchev–Trinajstić information content (AvgIpc) is 2.74. The number of aromatic nitrogens is 1. The molecule has 0 radical (unpaired) electrons. The van der Waals surface area contributed by atoms with Gasteiger partial charge in [0.25, 0.3) is 11.5 Å². The van der Waals surface area contributed by atoms with Crippen molar-refractivity contribution in [3.8, 4) is 22.4 Å². The molecule has 1 amide bonds. The van der Waals surface area contributed by atoms with Gasteiger partial charge in [-0.25, -0.2) is 0 Å². The summed E-state index contributed by atoms with van der Waals surface area (Å²) in [4.78, 5) is 28.6. The zero-order chi connectivity index (χ0) is 21.3.